The van der Waals surface area contributed by atoms with E-state index < -0.39 is 9.84 Å². The highest BCUT2D eigenvalue weighted by atomic mass is 32.2. The van der Waals surface area contributed by atoms with E-state index in [2.05, 4.69) is 0 Å². The van der Waals surface area contributed by atoms with Gasteiger partial charge >= 0.3 is 0 Å². The predicted molar refractivity (Wildman–Crippen MR) is 75.1 cm³/mol. The van der Waals surface area contributed by atoms with Gasteiger partial charge in [0.2, 0.25) is 5.91 Å². The Morgan fingerprint density at radius 1 is 1.32 bits per heavy atom. The van der Waals surface area contributed by atoms with Crippen LogP contribution in [0.2, 0.25) is 0 Å². The van der Waals surface area contributed by atoms with E-state index in [1.807, 2.05) is 13.8 Å². The minimum atomic E-state index is -3.19. The summed E-state index contributed by atoms with van der Waals surface area (Å²) in [5.41, 5.74) is 1.81. The van der Waals surface area contributed by atoms with E-state index in [1.165, 1.54) is 6.26 Å². The summed E-state index contributed by atoms with van der Waals surface area (Å²) >= 11 is 0. The van der Waals surface area contributed by atoms with Gasteiger partial charge in [-0.3, -0.25) is 4.79 Å². The van der Waals surface area contributed by atoms with Gasteiger partial charge < -0.3 is 4.90 Å². The molecular formula is C14H19NO3S. The van der Waals surface area contributed by atoms with Crippen molar-refractivity contribution in [1.82, 2.24) is 0 Å². The Kier molecular flexibility index (Phi) is 3.67. The fourth-order valence-corrected chi connectivity index (χ4v) is 3.02. The van der Waals surface area contributed by atoms with E-state index in [-0.39, 0.29) is 11.8 Å². The standard InChI is InChI=1S/C14H19NO3S/c1-10(2)14(16)15-8-4-5-11-9-12(19(3,17)18)6-7-13(11)15/h6-7,9-10H,4-5,8H2,1-3H3. The predicted octanol–water partition coefficient (Wildman–Crippen LogP) is 2.03. The van der Waals surface area contributed by atoms with Gasteiger partial charge in [0.1, 0.15) is 0 Å². The van der Waals surface area contributed by atoms with Crippen LogP contribution in [-0.2, 0) is 21.1 Å². The average molecular weight is 281 g/mol. The lowest BCUT2D eigenvalue weighted by atomic mass is 10.0. The number of hydrogen-bond acceptors (Lipinski definition) is 3. The molecule has 0 bridgehead atoms. The van der Waals surface area contributed by atoms with Gasteiger partial charge in [0, 0.05) is 24.4 Å². The minimum Gasteiger partial charge on any atom is -0.312 e. The summed E-state index contributed by atoms with van der Waals surface area (Å²) in [7, 11) is -3.19. The summed E-state index contributed by atoms with van der Waals surface area (Å²) in [4.78, 5) is 14.2. The zero-order chi connectivity index (χ0) is 14.2. The third-order valence-electron chi connectivity index (χ3n) is 3.36. The zero-order valence-electron chi connectivity index (χ0n) is 11.5. The highest BCUT2D eigenvalue weighted by molar-refractivity contribution is 7.90. The van der Waals surface area contributed by atoms with Gasteiger partial charge in [-0.2, -0.15) is 0 Å². The molecule has 5 heteroatoms. The Morgan fingerprint density at radius 2 is 2.00 bits per heavy atom. The number of benzene rings is 1. The molecule has 1 aliphatic rings. The Hall–Kier alpha value is -1.36. The first-order valence-corrected chi connectivity index (χ1v) is 8.34. The number of anilines is 1. The molecule has 0 saturated carbocycles. The number of fused-ring (bicyclic) bond motifs is 1. The molecule has 0 saturated heterocycles. The molecule has 1 aromatic carbocycles. The number of amides is 1. The van der Waals surface area contributed by atoms with E-state index in [0.717, 1.165) is 24.1 Å². The largest absolute Gasteiger partial charge is 0.312 e. The molecular weight excluding hydrogens is 262 g/mol. The van der Waals surface area contributed by atoms with Crippen molar-refractivity contribution in [3.63, 3.8) is 0 Å². The average Bonchev–Trinajstić information content (AvgIpc) is 2.35. The molecule has 1 aliphatic heterocycles. The van der Waals surface area contributed by atoms with Crippen LogP contribution in [0.25, 0.3) is 0 Å². The Bertz CT molecular complexity index is 605. The van der Waals surface area contributed by atoms with Crippen molar-refractivity contribution < 1.29 is 13.2 Å². The summed E-state index contributed by atoms with van der Waals surface area (Å²) in [5.74, 6) is 0.0357. The summed E-state index contributed by atoms with van der Waals surface area (Å²) in [6, 6.07) is 5.04. The zero-order valence-corrected chi connectivity index (χ0v) is 12.3. The van der Waals surface area contributed by atoms with Crippen LogP contribution < -0.4 is 4.90 Å². The lowest BCUT2D eigenvalue weighted by Crippen LogP contribution is -2.38. The van der Waals surface area contributed by atoms with Crippen molar-refractivity contribution >= 4 is 21.4 Å². The molecule has 2 rings (SSSR count). The van der Waals surface area contributed by atoms with Gasteiger partial charge in [-0.05, 0) is 36.6 Å². The monoisotopic (exact) mass is 281 g/mol. The van der Waals surface area contributed by atoms with Gasteiger partial charge in [-0.1, -0.05) is 13.8 Å². The van der Waals surface area contributed by atoms with Crippen LogP contribution in [0.3, 0.4) is 0 Å². The quantitative estimate of drug-likeness (QED) is 0.833. The van der Waals surface area contributed by atoms with Gasteiger partial charge in [0.05, 0.1) is 4.90 Å². The Labute approximate surface area is 114 Å². The summed E-state index contributed by atoms with van der Waals surface area (Å²) in [5, 5.41) is 0. The number of rotatable bonds is 2. The number of sulfone groups is 1. The maximum atomic E-state index is 12.2. The van der Waals surface area contributed by atoms with Crippen molar-refractivity contribution in [2.45, 2.75) is 31.6 Å². The molecule has 1 heterocycles. The lowest BCUT2D eigenvalue weighted by Gasteiger charge is -2.31. The van der Waals surface area contributed by atoms with Crippen LogP contribution in [0.1, 0.15) is 25.8 Å². The van der Waals surface area contributed by atoms with Crippen molar-refractivity contribution in [2.24, 2.45) is 5.92 Å². The number of carbonyl (C=O) groups is 1. The summed E-state index contributed by atoms with van der Waals surface area (Å²) < 4.78 is 23.1. The van der Waals surface area contributed by atoms with Gasteiger partial charge in [0.25, 0.3) is 0 Å². The van der Waals surface area contributed by atoms with Crippen molar-refractivity contribution in [2.75, 3.05) is 17.7 Å². The molecule has 0 spiro atoms. The van der Waals surface area contributed by atoms with Crippen LogP contribution in [0.4, 0.5) is 5.69 Å². The normalized spacial score (nSPS) is 15.5. The minimum absolute atomic E-state index is 0.0551. The number of carbonyl (C=O) groups excluding carboxylic acids is 1. The molecule has 1 aromatic rings. The van der Waals surface area contributed by atoms with Crippen LogP contribution >= 0.6 is 0 Å². The van der Waals surface area contributed by atoms with E-state index in [4.69, 9.17) is 0 Å². The van der Waals surface area contributed by atoms with Crippen LogP contribution in [0.5, 0.6) is 0 Å². The Balaban J connectivity index is 2.45. The number of aryl methyl sites for hydroxylation is 1. The Morgan fingerprint density at radius 3 is 2.58 bits per heavy atom. The second kappa shape index (κ2) is 4.96. The van der Waals surface area contributed by atoms with Crippen LogP contribution in [0.15, 0.2) is 23.1 Å². The summed E-state index contributed by atoms with van der Waals surface area (Å²) in [6.45, 7) is 4.46. The van der Waals surface area contributed by atoms with E-state index in [0.29, 0.717) is 11.4 Å². The lowest BCUT2D eigenvalue weighted by molar-refractivity contribution is -0.121. The van der Waals surface area contributed by atoms with E-state index in [1.54, 1.807) is 23.1 Å². The molecule has 0 radical (unpaired) electrons. The maximum Gasteiger partial charge on any atom is 0.229 e. The molecule has 19 heavy (non-hydrogen) atoms. The summed E-state index contributed by atoms with van der Waals surface area (Å²) in [6.07, 6.45) is 2.90. The SMILES string of the molecule is CC(C)C(=O)N1CCCc2cc(S(C)(=O)=O)ccc21. The molecule has 0 aromatic heterocycles. The van der Waals surface area contributed by atoms with Crippen molar-refractivity contribution in [1.29, 1.82) is 0 Å². The van der Waals surface area contributed by atoms with Gasteiger partial charge in [-0.15, -0.1) is 0 Å². The molecule has 104 valence electrons. The highest BCUT2D eigenvalue weighted by Gasteiger charge is 2.25. The molecule has 0 aliphatic carbocycles. The van der Waals surface area contributed by atoms with E-state index in [9.17, 15) is 13.2 Å². The molecule has 1 amide bonds. The molecule has 0 unspecified atom stereocenters. The third kappa shape index (κ3) is 2.81. The maximum absolute atomic E-state index is 12.2. The number of hydrogen-bond donors (Lipinski definition) is 0. The fourth-order valence-electron chi connectivity index (χ4n) is 2.34. The molecule has 0 atom stereocenters. The second-order valence-corrected chi connectivity index (χ2v) is 7.33. The third-order valence-corrected chi connectivity index (χ3v) is 4.47. The van der Waals surface area contributed by atoms with Gasteiger partial charge in [-0.25, -0.2) is 8.42 Å². The highest BCUT2D eigenvalue weighted by Crippen LogP contribution is 2.30. The second-order valence-electron chi connectivity index (χ2n) is 5.31. The fraction of sp³-hybridized carbons (Fsp3) is 0.500. The van der Waals surface area contributed by atoms with Crippen molar-refractivity contribution in [3.8, 4) is 0 Å². The number of nitrogens with zero attached hydrogens (tertiary/aromatic N) is 1. The first-order chi connectivity index (χ1) is 8.80. The van der Waals surface area contributed by atoms with Crippen LogP contribution in [0, 0.1) is 5.92 Å². The van der Waals surface area contributed by atoms with E-state index >= 15 is 0 Å². The smallest absolute Gasteiger partial charge is 0.229 e. The topological polar surface area (TPSA) is 54.5 Å². The van der Waals surface area contributed by atoms with Gasteiger partial charge in [0.15, 0.2) is 9.84 Å². The van der Waals surface area contributed by atoms with Crippen LogP contribution in [-0.4, -0.2) is 27.1 Å². The first-order valence-electron chi connectivity index (χ1n) is 6.45. The first kappa shape index (κ1) is 14.1. The molecule has 0 fully saturated rings. The van der Waals surface area contributed by atoms with Crippen molar-refractivity contribution in [3.05, 3.63) is 23.8 Å². The molecule has 0 N–H and O–H groups in total. The molecule has 4 nitrogen and oxygen atoms in total.